The molecule has 124 valence electrons. The van der Waals surface area contributed by atoms with E-state index in [1.165, 1.54) is 19.3 Å². The van der Waals surface area contributed by atoms with Gasteiger partial charge in [-0.3, -0.25) is 4.90 Å². The molecule has 1 aliphatic heterocycles. The van der Waals surface area contributed by atoms with Gasteiger partial charge in [-0.1, -0.05) is 6.42 Å². The molecular formula is C16H27N3O3. The monoisotopic (exact) mass is 309 g/mol. The molecule has 0 unspecified atom stereocenters. The summed E-state index contributed by atoms with van der Waals surface area (Å²) in [7, 11) is 0. The summed E-state index contributed by atoms with van der Waals surface area (Å²) in [5, 5.41) is 12.0. The molecule has 2 N–H and O–H groups in total. The maximum Gasteiger partial charge on any atom is 0.317 e. The number of carbonyl (C=O) groups is 1. The molecule has 0 aliphatic carbocycles. The first-order valence-electron chi connectivity index (χ1n) is 8.17. The molecule has 1 aromatic heterocycles. The number of nitrogens with zero attached hydrogens (tertiary/aromatic N) is 2. The highest BCUT2D eigenvalue weighted by atomic mass is 16.3. The Kier molecular flexibility index (Phi) is 6.74. The Bertz CT molecular complexity index is 430. The van der Waals surface area contributed by atoms with Gasteiger partial charge in [-0.2, -0.15) is 0 Å². The summed E-state index contributed by atoms with van der Waals surface area (Å²) >= 11 is 0. The van der Waals surface area contributed by atoms with Crippen LogP contribution in [0.3, 0.4) is 0 Å². The molecule has 1 aliphatic rings. The van der Waals surface area contributed by atoms with Gasteiger partial charge in [0, 0.05) is 19.6 Å². The summed E-state index contributed by atoms with van der Waals surface area (Å²) in [5.74, 6) is 0.896. The summed E-state index contributed by atoms with van der Waals surface area (Å²) in [6.07, 6.45) is 5.33. The fourth-order valence-electron chi connectivity index (χ4n) is 2.94. The van der Waals surface area contributed by atoms with Crippen molar-refractivity contribution >= 4 is 6.03 Å². The maximum absolute atomic E-state index is 12.2. The van der Waals surface area contributed by atoms with Crippen LogP contribution in [0.1, 0.15) is 38.0 Å². The van der Waals surface area contributed by atoms with Gasteiger partial charge in [0.15, 0.2) is 0 Å². The zero-order chi connectivity index (χ0) is 15.8. The van der Waals surface area contributed by atoms with E-state index in [-0.39, 0.29) is 18.7 Å². The van der Waals surface area contributed by atoms with Crippen molar-refractivity contribution in [1.29, 1.82) is 0 Å². The lowest BCUT2D eigenvalue weighted by molar-refractivity contribution is 0.138. The van der Waals surface area contributed by atoms with Gasteiger partial charge in [-0.25, -0.2) is 4.79 Å². The van der Waals surface area contributed by atoms with Crippen molar-refractivity contribution in [1.82, 2.24) is 15.1 Å². The molecule has 2 amide bonds. The highest BCUT2D eigenvalue weighted by Crippen LogP contribution is 2.24. The topological polar surface area (TPSA) is 69.0 Å². The molecule has 0 bridgehead atoms. The van der Waals surface area contributed by atoms with Gasteiger partial charge < -0.3 is 19.7 Å². The summed E-state index contributed by atoms with van der Waals surface area (Å²) in [5.41, 5.74) is 0. The highest BCUT2D eigenvalue weighted by molar-refractivity contribution is 5.74. The molecule has 1 aromatic rings. The van der Waals surface area contributed by atoms with Crippen molar-refractivity contribution in [3.63, 3.8) is 0 Å². The first kappa shape index (κ1) is 16.8. The van der Waals surface area contributed by atoms with Crippen LogP contribution in [0.4, 0.5) is 4.79 Å². The third-order valence-corrected chi connectivity index (χ3v) is 4.19. The Morgan fingerprint density at radius 2 is 2.23 bits per heavy atom. The van der Waals surface area contributed by atoms with Gasteiger partial charge in [0.2, 0.25) is 0 Å². The van der Waals surface area contributed by atoms with E-state index in [1.807, 2.05) is 19.1 Å². The van der Waals surface area contributed by atoms with Crippen molar-refractivity contribution in [3.05, 3.63) is 24.2 Å². The lowest BCUT2D eigenvalue weighted by Gasteiger charge is -2.34. The van der Waals surface area contributed by atoms with Crippen molar-refractivity contribution in [2.45, 2.75) is 32.2 Å². The number of hydrogen-bond donors (Lipinski definition) is 2. The Balaban J connectivity index is 1.96. The van der Waals surface area contributed by atoms with E-state index in [1.54, 1.807) is 11.2 Å². The zero-order valence-electron chi connectivity index (χ0n) is 13.3. The quantitative estimate of drug-likeness (QED) is 0.806. The Morgan fingerprint density at radius 3 is 2.82 bits per heavy atom. The largest absolute Gasteiger partial charge is 0.468 e. The molecule has 1 saturated heterocycles. The second-order valence-electron chi connectivity index (χ2n) is 5.62. The fourth-order valence-corrected chi connectivity index (χ4v) is 2.94. The van der Waals surface area contributed by atoms with Gasteiger partial charge in [0.05, 0.1) is 18.9 Å². The van der Waals surface area contributed by atoms with Crippen LogP contribution in [0, 0.1) is 0 Å². The number of carbonyl (C=O) groups excluding carboxylic acids is 1. The Labute approximate surface area is 132 Å². The molecule has 1 fully saturated rings. The van der Waals surface area contributed by atoms with E-state index in [4.69, 9.17) is 9.52 Å². The van der Waals surface area contributed by atoms with E-state index in [0.717, 1.165) is 18.8 Å². The second kappa shape index (κ2) is 8.80. The van der Waals surface area contributed by atoms with Crippen LogP contribution in [-0.4, -0.2) is 60.3 Å². The molecule has 2 heterocycles. The Morgan fingerprint density at radius 1 is 1.45 bits per heavy atom. The predicted molar refractivity (Wildman–Crippen MR) is 84.6 cm³/mol. The van der Waals surface area contributed by atoms with Gasteiger partial charge in [0.25, 0.3) is 0 Å². The van der Waals surface area contributed by atoms with E-state index in [0.29, 0.717) is 19.6 Å². The number of nitrogens with one attached hydrogen (secondary N) is 1. The second-order valence-corrected chi connectivity index (χ2v) is 5.62. The normalized spacial score (nSPS) is 17.2. The van der Waals surface area contributed by atoms with Crippen LogP contribution >= 0.6 is 0 Å². The minimum Gasteiger partial charge on any atom is -0.468 e. The molecule has 22 heavy (non-hydrogen) atoms. The number of hydrogen-bond acceptors (Lipinski definition) is 4. The summed E-state index contributed by atoms with van der Waals surface area (Å²) < 4.78 is 5.57. The molecule has 2 rings (SSSR count). The number of amides is 2. The maximum atomic E-state index is 12.2. The van der Waals surface area contributed by atoms with Crippen LogP contribution in [0.2, 0.25) is 0 Å². The van der Waals surface area contributed by atoms with Crippen LogP contribution in [0.5, 0.6) is 0 Å². The SMILES string of the molecule is CCN(CCO)C(=O)NC[C@H](c1ccco1)N1CCCCC1. The minimum atomic E-state index is -0.134. The van der Waals surface area contributed by atoms with E-state index in [9.17, 15) is 4.79 Å². The van der Waals surface area contributed by atoms with Crippen molar-refractivity contribution in [3.8, 4) is 0 Å². The summed E-state index contributed by atoms with van der Waals surface area (Å²) in [6, 6.07) is 3.80. The van der Waals surface area contributed by atoms with Gasteiger partial charge in [-0.15, -0.1) is 0 Å². The number of piperidine rings is 1. The molecule has 0 radical (unpaired) electrons. The van der Waals surface area contributed by atoms with Gasteiger partial charge >= 0.3 is 6.03 Å². The van der Waals surface area contributed by atoms with E-state index < -0.39 is 0 Å². The van der Waals surface area contributed by atoms with E-state index in [2.05, 4.69) is 10.2 Å². The van der Waals surface area contributed by atoms with Gasteiger partial charge in [-0.05, 0) is 45.0 Å². The number of furan rings is 1. The van der Waals surface area contributed by atoms with Crippen molar-refractivity contribution in [2.24, 2.45) is 0 Å². The first-order valence-corrected chi connectivity index (χ1v) is 8.17. The third kappa shape index (κ3) is 4.48. The van der Waals surface area contributed by atoms with Crippen molar-refractivity contribution in [2.75, 3.05) is 39.3 Å². The summed E-state index contributed by atoms with van der Waals surface area (Å²) in [6.45, 7) is 5.43. The summed E-state index contributed by atoms with van der Waals surface area (Å²) in [4.78, 5) is 16.2. The molecule has 0 spiro atoms. The lowest BCUT2D eigenvalue weighted by atomic mass is 10.1. The van der Waals surface area contributed by atoms with Crippen molar-refractivity contribution < 1.29 is 14.3 Å². The molecule has 1 atom stereocenters. The fraction of sp³-hybridized carbons (Fsp3) is 0.688. The number of aliphatic hydroxyl groups is 1. The Hall–Kier alpha value is -1.53. The van der Waals surface area contributed by atoms with E-state index >= 15 is 0 Å². The van der Waals surface area contributed by atoms with Crippen LogP contribution in [0.15, 0.2) is 22.8 Å². The molecule has 0 aromatic carbocycles. The molecule has 0 saturated carbocycles. The standard InChI is InChI=1S/C16H27N3O3/c1-2-18(10-11-20)16(21)17-13-14(15-7-6-12-22-15)19-8-4-3-5-9-19/h6-7,12,14,20H,2-5,8-11,13H2,1H3,(H,17,21)/t14-/m1/s1. The van der Waals surface area contributed by atoms with Crippen LogP contribution < -0.4 is 5.32 Å². The average Bonchev–Trinajstić information content (AvgIpc) is 3.08. The van der Waals surface area contributed by atoms with Crippen LogP contribution in [0.25, 0.3) is 0 Å². The number of likely N-dealkylation sites (tertiary alicyclic amines) is 1. The highest BCUT2D eigenvalue weighted by Gasteiger charge is 2.25. The number of aliphatic hydroxyl groups excluding tert-OH is 1. The van der Waals surface area contributed by atoms with Gasteiger partial charge in [0.1, 0.15) is 5.76 Å². The third-order valence-electron chi connectivity index (χ3n) is 4.19. The number of urea groups is 1. The van der Waals surface area contributed by atoms with Crippen LogP contribution in [-0.2, 0) is 0 Å². The molecule has 6 heteroatoms. The zero-order valence-corrected chi connectivity index (χ0v) is 13.3. The average molecular weight is 309 g/mol. The minimum absolute atomic E-state index is 0.0189. The predicted octanol–water partition coefficient (Wildman–Crippen LogP) is 1.83. The number of likely N-dealkylation sites (N-methyl/N-ethyl adjacent to an activating group) is 1. The lowest BCUT2D eigenvalue weighted by Crippen LogP contribution is -2.46. The first-order chi connectivity index (χ1) is 10.8. The number of rotatable bonds is 7. The molecule has 6 nitrogen and oxygen atoms in total. The molecular weight excluding hydrogens is 282 g/mol. The smallest absolute Gasteiger partial charge is 0.317 e.